The molecule has 0 radical (unpaired) electrons. The van der Waals surface area contributed by atoms with Crippen molar-refractivity contribution in [2.24, 2.45) is 7.05 Å². The van der Waals surface area contributed by atoms with Crippen LogP contribution in [0.1, 0.15) is 0 Å². The molecule has 0 aliphatic carbocycles. The van der Waals surface area contributed by atoms with Gasteiger partial charge in [-0.25, -0.2) is 4.79 Å². The lowest BCUT2D eigenvalue weighted by molar-refractivity contribution is 0.838. The quantitative estimate of drug-likeness (QED) is 0.225. The second kappa shape index (κ2) is 8.14. The summed E-state index contributed by atoms with van der Waals surface area (Å²) in [5, 5.41) is 6.83. The van der Waals surface area contributed by atoms with E-state index in [0.29, 0.717) is 0 Å². The Morgan fingerprint density at radius 1 is 0.564 bits per heavy atom. The molecule has 8 aromatic rings. The third kappa shape index (κ3) is 3.06. The third-order valence-corrected chi connectivity index (χ3v) is 7.99. The minimum atomic E-state index is -0.0440. The molecule has 0 aliphatic heterocycles. The van der Waals surface area contributed by atoms with E-state index in [2.05, 4.69) is 89.9 Å². The largest absolute Gasteiger partial charge is 0.333 e. The molecular formula is C35H23N3O. The first-order chi connectivity index (χ1) is 19.2. The summed E-state index contributed by atoms with van der Waals surface area (Å²) in [6.45, 7) is 0. The molecule has 0 atom stereocenters. The molecule has 4 nitrogen and oxygen atoms in total. The molecule has 3 aromatic heterocycles. The van der Waals surface area contributed by atoms with Crippen molar-refractivity contribution >= 4 is 48.9 Å². The van der Waals surface area contributed by atoms with Crippen molar-refractivity contribution in [2.75, 3.05) is 0 Å². The molecule has 184 valence electrons. The number of nitrogens with zero attached hydrogens (tertiary/aromatic N) is 3. The number of rotatable bonds is 2. The lowest BCUT2D eigenvalue weighted by Gasteiger charge is -2.17. The summed E-state index contributed by atoms with van der Waals surface area (Å²) >= 11 is 0. The van der Waals surface area contributed by atoms with Crippen LogP contribution in [0.2, 0.25) is 0 Å². The molecule has 4 heteroatoms. The van der Waals surface area contributed by atoms with Crippen LogP contribution in [0.3, 0.4) is 0 Å². The first-order valence-corrected chi connectivity index (χ1v) is 13.1. The molecule has 3 heterocycles. The lowest BCUT2D eigenvalue weighted by Crippen LogP contribution is -2.24. The molecule has 0 saturated heterocycles. The van der Waals surface area contributed by atoms with Crippen LogP contribution in [-0.4, -0.2) is 14.0 Å². The maximum Gasteiger partial charge on any atom is 0.333 e. The lowest BCUT2D eigenvalue weighted by atomic mass is 9.86. The summed E-state index contributed by atoms with van der Waals surface area (Å²) in [5.41, 5.74) is 7.28. The normalized spacial score (nSPS) is 11.8. The molecule has 0 unspecified atom stereocenters. The Morgan fingerprint density at radius 2 is 1.18 bits per heavy atom. The Labute approximate surface area is 224 Å². The molecule has 39 heavy (non-hydrogen) atoms. The van der Waals surface area contributed by atoms with Crippen LogP contribution in [0.5, 0.6) is 0 Å². The number of pyridine rings is 1. The van der Waals surface area contributed by atoms with Crippen LogP contribution in [0.25, 0.3) is 71.1 Å². The highest BCUT2D eigenvalue weighted by molar-refractivity contribution is 6.21. The molecule has 0 bridgehead atoms. The van der Waals surface area contributed by atoms with Gasteiger partial charge in [-0.15, -0.1) is 0 Å². The summed E-state index contributed by atoms with van der Waals surface area (Å²) in [4.78, 5) is 18.0. The van der Waals surface area contributed by atoms with E-state index >= 15 is 0 Å². The Balaban J connectivity index is 1.51. The van der Waals surface area contributed by atoms with Gasteiger partial charge in [-0.2, -0.15) is 0 Å². The van der Waals surface area contributed by atoms with Crippen molar-refractivity contribution in [1.29, 1.82) is 0 Å². The SMILES string of the molecule is Cn1c(=O)n2c3cc(-c4c5ccccc5c(-c5cccnc5)c5ccccc45)ccc3cc2c2ccccc21. The van der Waals surface area contributed by atoms with E-state index in [9.17, 15) is 4.79 Å². The molecule has 0 saturated carbocycles. The Bertz CT molecular complexity index is 2250. The molecule has 5 aromatic carbocycles. The highest BCUT2D eigenvalue weighted by Gasteiger charge is 2.18. The van der Waals surface area contributed by atoms with Gasteiger partial charge in [0.1, 0.15) is 0 Å². The average Bonchev–Trinajstić information content (AvgIpc) is 3.38. The highest BCUT2D eigenvalue weighted by Crippen LogP contribution is 2.44. The van der Waals surface area contributed by atoms with Gasteiger partial charge in [-0.05, 0) is 62.5 Å². The Hall–Kier alpha value is -5.22. The summed E-state index contributed by atoms with van der Waals surface area (Å²) in [7, 11) is 1.85. The van der Waals surface area contributed by atoms with Gasteiger partial charge in [0.25, 0.3) is 0 Å². The smallest absolute Gasteiger partial charge is 0.296 e. The second-order valence-electron chi connectivity index (χ2n) is 10.1. The van der Waals surface area contributed by atoms with Crippen LogP contribution in [0.4, 0.5) is 0 Å². The number of fused-ring (bicyclic) bond motifs is 7. The van der Waals surface area contributed by atoms with E-state index in [-0.39, 0.29) is 5.69 Å². The predicted molar refractivity (Wildman–Crippen MR) is 161 cm³/mol. The molecule has 0 spiro atoms. The van der Waals surface area contributed by atoms with Crippen molar-refractivity contribution in [2.45, 2.75) is 0 Å². The second-order valence-corrected chi connectivity index (χ2v) is 10.1. The zero-order valence-corrected chi connectivity index (χ0v) is 21.3. The van der Waals surface area contributed by atoms with Crippen molar-refractivity contribution in [3.63, 3.8) is 0 Å². The van der Waals surface area contributed by atoms with Crippen LogP contribution < -0.4 is 5.69 Å². The van der Waals surface area contributed by atoms with Gasteiger partial charge in [-0.1, -0.05) is 84.9 Å². The zero-order valence-electron chi connectivity index (χ0n) is 21.3. The minimum Gasteiger partial charge on any atom is -0.296 e. The third-order valence-electron chi connectivity index (χ3n) is 7.99. The molecule has 8 rings (SSSR count). The van der Waals surface area contributed by atoms with Crippen molar-refractivity contribution in [1.82, 2.24) is 14.0 Å². The van der Waals surface area contributed by atoms with E-state index in [1.165, 1.54) is 32.7 Å². The fourth-order valence-corrected chi connectivity index (χ4v) is 6.26. The number of benzene rings is 5. The maximum absolute atomic E-state index is 13.6. The monoisotopic (exact) mass is 501 g/mol. The number of para-hydroxylation sites is 1. The minimum absolute atomic E-state index is 0.0440. The highest BCUT2D eigenvalue weighted by atomic mass is 16.1. The van der Waals surface area contributed by atoms with Gasteiger partial charge in [0, 0.05) is 35.8 Å². The van der Waals surface area contributed by atoms with E-state index in [0.717, 1.165) is 38.4 Å². The van der Waals surface area contributed by atoms with Crippen molar-refractivity contribution in [3.05, 3.63) is 132 Å². The van der Waals surface area contributed by atoms with Crippen LogP contribution in [0.15, 0.2) is 126 Å². The van der Waals surface area contributed by atoms with Crippen LogP contribution >= 0.6 is 0 Å². The molecule has 0 aliphatic rings. The average molecular weight is 502 g/mol. The first-order valence-electron chi connectivity index (χ1n) is 13.1. The molecule has 0 fully saturated rings. The maximum atomic E-state index is 13.6. The van der Waals surface area contributed by atoms with Gasteiger partial charge in [-0.3, -0.25) is 14.0 Å². The van der Waals surface area contributed by atoms with Gasteiger partial charge in [0.15, 0.2) is 0 Å². The van der Waals surface area contributed by atoms with E-state index in [1.807, 2.05) is 48.1 Å². The van der Waals surface area contributed by atoms with Crippen molar-refractivity contribution in [3.8, 4) is 22.3 Å². The first kappa shape index (κ1) is 21.8. The summed E-state index contributed by atoms with van der Waals surface area (Å²) in [5.74, 6) is 0. The fourth-order valence-electron chi connectivity index (χ4n) is 6.26. The van der Waals surface area contributed by atoms with Gasteiger partial charge in [0.05, 0.1) is 16.6 Å². The Morgan fingerprint density at radius 3 is 1.82 bits per heavy atom. The Kier molecular flexibility index (Phi) is 4.55. The molecule has 0 N–H and O–H groups in total. The number of hydrogen-bond donors (Lipinski definition) is 0. The number of aromatic nitrogens is 3. The molecule has 0 amide bonds. The van der Waals surface area contributed by atoms with Crippen molar-refractivity contribution < 1.29 is 0 Å². The van der Waals surface area contributed by atoms with E-state index in [4.69, 9.17) is 0 Å². The van der Waals surface area contributed by atoms with Crippen LogP contribution in [0, 0.1) is 0 Å². The van der Waals surface area contributed by atoms with E-state index < -0.39 is 0 Å². The van der Waals surface area contributed by atoms with Crippen LogP contribution in [-0.2, 0) is 7.05 Å². The fraction of sp³-hybridized carbons (Fsp3) is 0.0286. The predicted octanol–water partition coefficient (Wildman–Crippen LogP) is 7.98. The standard InChI is InChI=1S/C35H23N3O/c1-37-30-15-7-6-14-29(30)32-19-22-16-17-23(20-31(22)38(32)35(37)39)33-25-10-2-4-12-27(25)34(24-9-8-18-36-21-24)28-13-5-3-11-26(28)33/h2-21H,1H3. The number of aryl methyl sites for hydroxylation is 1. The summed E-state index contributed by atoms with van der Waals surface area (Å²) in [6, 6.07) is 38.0. The topological polar surface area (TPSA) is 39.3 Å². The number of hydrogen-bond acceptors (Lipinski definition) is 2. The van der Waals surface area contributed by atoms with Gasteiger partial charge >= 0.3 is 5.69 Å². The van der Waals surface area contributed by atoms with Gasteiger partial charge in [0.2, 0.25) is 0 Å². The zero-order chi connectivity index (χ0) is 26.1. The van der Waals surface area contributed by atoms with E-state index in [1.54, 1.807) is 4.57 Å². The molecular weight excluding hydrogens is 478 g/mol. The van der Waals surface area contributed by atoms with Gasteiger partial charge < -0.3 is 0 Å². The summed E-state index contributed by atoms with van der Waals surface area (Å²) < 4.78 is 3.59. The summed E-state index contributed by atoms with van der Waals surface area (Å²) in [6.07, 6.45) is 3.75.